The molecule has 0 saturated carbocycles. The molecular weight excluding hydrogens is 366 g/mol. The molecule has 0 aromatic heterocycles. The van der Waals surface area contributed by atoms with E-state index in [1.165, 1.54) is 0 Å². The zero-order chi connectivity index (χ0) is 19.2. The molecule has 0 radical (unpaired) electrons. The Labute approximate surface area is 161 Å². The fraction of sp³-hybridized carbons (Fsp3) is 0.0476. The van der Waals surface area contributed by atoms with Crippen molar-refractivity contribution >= 4 is 29.2 Å². The van der Waals surface area contributed by atoms with Crippen LogP contribution in [-0.4, -0.2) is 19.0 Å². The van der Waals surface area contributed by atoms with Crippen LogP contribution in [0.3, 0.4) is 0 Å². The highest BCUT2D eigenvalue weighted by Crippen LogP contribution is 2.18. The van der Waals surface area contributed by atoms with Gasteiger partial charge in [0, 0.05) is 16.3 Å². The van der Waals surface area contributed by atoms with Crippen LogP contribution in [0.25, 0.3) is 0 Å². The Morgan fingerprint density at radius 1 is 0.778 bits per heavy atom. The van der Waals surface area contributed by atoms with E-state index in [0.717, 1.165) is 0 Å². The summed E-state index contributed by atoms with van der Waals surface area (Å²) in [6, 6.07) is 19.7. The number of rotatable bonds is 5. The van der Waals surface area contributed by atoms with Gasteiger partial charge in [0.2, 0.25) is 0 Å². The van der Waals surface area contributed by atoms with E-state index in [2.05, 4.69) is 5.32 Å². The molecule has 3 rings (SSSR count). The zero-order valence-corrected chi connectivity index (χ0v) is 15.2. The van der Waals surface area contributed by atoms with Crippen molar-refractivity contribution in [2.75, 3.05) is 12.4 Å². The summed E-state index contributed by atoms with van der Waals surface area (Å²) in [4.78, 5) is 24.4. The predicted octanol–water partition coefficient (Wildman–Crippen LogP) is 4.82. The molecule has 0 atom stereocenters. The number of methoxy groups -OCH3 is 1. The van der Waals surface area contributed by atoms with Crippen molar-refractivity contribution in [2.24, 2.45) is 0 Å². The molecule has 0 heterocycles. The molecular formula is C21H16ClNO4. The molecule has 0 aliphatic heterocycles. The normalized spacial score (nSPS) is 10.1. The molecule has 0 fully saturated rings. The first kappa shape index (κ1) is 18.5. The third-order valence-corrected chi connectivity index (χ3v) is 4.01. The number of halogens is 1. The minimum absolute atomic E-state index is 0.273. The van der Waals surface area contributed by atoms with E-state index in [-0.39, 0.29) is 5.91 Å². The summed E-state index contributed by atoms with van der Waals surface area (Å²) in [6.45, 7) is 0. The van der Waals surface area contributed by atoms with Crippen LogP contribution in [0.15, 0.2) is 72.8 Å². The Balaban J connectivity index is 1.62. The number of esters is 1. The van der Waals surface area contributed by atoms with Gasteiger partial charge < -0.3 is 14.8 Å². The summed E-state index contributed by atoms with van der Waals surface area (Å²) in [5.74, 6) is 0.239. The summed E-state index contributed by atoms with van der Waals surface area (Å²) in [7, 11) is 1.55. The fourth-order valence-corrected chi connectivity index (χ4v) is 2.43. The van der Waals surface area contributed by atoms with Gasteiger partial charge in [-0.2, -0.15) is 0 Å². The Hall–Kier alpha value is -3.31. The molecule has 1 amide bonds. The zero-order valence-electron chi connectivity index (χ0n) is 14.4. The number of amides is 1. The van der Waals surface area contributed by atoms with Crippen molar-refractivity contribution in [2.45, 2.75) is 0 Å². The molecule has 0 saturated heterocycles. The first-order chi connectivity index (χ1) is 13.0. The molecule has 1 N–H and O–H groups in total. The lowest BCUT2D eigenvalue weighted by molar-refractivity contribution is 0.0734. The minimum atomic E-state index is -0.490. The second kappa shape index (κ2) is 8.38. The van der Waals surface area contributed by atoms with Gasteiger partial charge in [0.05, 0.1) is 12.7 Å². The van der Waals surface area contributed by atoms with Crippen LogP contribution in [0.2, 0.25) is 5.02 Å². The maximum atomic E-state index is 12.3. The van der Waals surface area contributed by atoms with E-state index in [1.807, 2.05) is 0 Å². The van der Waals surface area contributed by atoms with Crippen LogP contribution < -0.4 is 14.8 Å². The van der Waals surface area contributed by atoms with Crippen molar-refractivity contribution in [1.82, 2.24) is 0 Å². The van der Waals surface area contributed by atoms with E-state index in [9.17, 15) is 9.59 Å². The van der Waals surface area contributed by atoms with Gasteiger partial charge in [-0.3, -0.25) is 4.79 Å². The van der Waals surface area contributed by atoms with Gasteiger partial charge in [0.15, 0.2) is 0 Å². The first-order valence-electron chi connectivity index (χ1n) is 8.08. The van der Waals surface area contributed by atoms with Gasteiger partial charge in [-0.15, -0.1) is 0 Å². The lowest BCUT2D eigenvalue weighted by atomic mass is 10.2. The monoisotopic (exact) mass is 381 g/mol. The molecule has 27 heavy (non-hydrogen) atoms. The summed E-state index contributed by atoms with van der Waals surface area (Å²) in [6.07, 6.45) is 0. The number of carbonyl (C=O) groups excluding carboxylic acids is 2. The number of anilines is 1. The molecule has 0 spiro atoms. The Morgan fingerprint density at radius 2 is 1.33 bits per heavy atom. The molecule has 6 heteroatoms. The topological polar surface area (TPSA) is 64.6 Å². The highest BCUT2D eigenvalue weighted by Gasteiger charge is 2.10. The summed E-state index contributed by atoms with van der Waals surface area (Å²) < 4.78 is 10.4. The SMILES string of the molecule is COc1ccc(C(=O)Oc2ccc(C(=O)Nc3ccc(Cl)cc3)cc2)cc1. The number of hydrogen-bond acceptors (Lipinski definition) is 4. The van der Waals surface area contributed by atoms with Gasteiger partial charge >= 0.3 is 5.97 Å². The second-order valence-electron chi connectivity index (χ2n) is 5.60. The minimum Gasteiger partial charge on any atom is -0.497 e. The van der Waals surface area contributed by atoms with Crippen molar-refractivity contribution < 1.29 is 19.1 Å². The average Bonchev–Trinajstić information content (AvgIpc) is 2.70. The maximum absolute atomic E-state index is 12.3. The molecule has 0 bridgehead atoms. The van der Waals surface area contributed by atoms with Gasteiger partial charge in [0.25, 0.3) is 5.91 Å². The van der Waals surface area contributed by atoms with E-state index in [1.54, 1.807) is 79.9 Å². The van der Waals surface area contributed by atoms with Crippen LogP contribution in [0.4, 0.5) is 5.69 Å². The van der Waals surface area contributed by atoms with Gasteiger partial charge in [-0.05, 0) is 72.8 Å². The number of hydrogen-bond donors (Lipinski definition) is 1. The highest BCUT2D eigenvalue weighted by atomic mass is 35.5. The Kier molecular flexibility index (Phi) is 5.74. The van der Waals surface area contributed by atoms with E-state index >= 15 is 0 Å². The summed E-state index contributed by atoms with van der Waals surface area (Å²) in [5.41, 5.74) is 1.48. The van der Waals surface area contributed by atoms with Crippen LogP contribution in [0.1, 0.15) is 20.7 Å². The lowest BCUT2D eigenvalue weighted by Gasteiger charge is -2.07. The molecule has 5 nitrogen and oxygen atoms in total. The Morgan fingerprint density at radius 3 is 1.93 bits per heavy atom. The van der Waals surface area contributed by atoms with Crippen molar-refractivity contribution in [3.63, 3.8) is 0 Å². The van der Waals surface area contributed by atoms with Gasteiger partial charge in [0.1, 0.15) is 11.5 Å². The van der Waals surface area contributed by atoms with Gasteiger partial charge in [-0.1, -0.05) is 11.6 Å². The third kappa shape index (κ3) is 4.86. The quantitative estimate of drug-likeness (QED) is 0.508. The number of ether oxygens (including phenoxy) is 2. The number of carbonyl (C=O) groups is 2. The molecule has 3 aromatic rings. The van der Waals surface area contributed by atoms with E-state index in [4.69, 9.17) is 21.1 Å². The maximum Gasteiger partial charge on any atom is 0.343 e. The molecule has 136 valence electrons. The van der Waals surface area contributed by atoms with Crippen LogP contribution in [-0.2, 0) is 0 Å². The van der Waals surface area contributed by atoms with Crippen LogP contribution in [0.5, 0.6) is 11.5 Å². The van der Waals surface area contributed by atoms with Gasteiger partial charge in [-0.25, -0.2) is 4.79 Å². The standard InChI is InChI=1S/C21H16ClNO4/c1-26-18-10-4-15(5-11-18)21(25)27-19-12-2-14(3-13-19)20(24)23-17-8-6-16(22)7-9-17/h2-13H,1H3,(H,23,24). The van der Waals surface area contributed by atoms with E-state index in [0.29, 0.717) is 33.3 Å². The number of benzene rings is 3. The van der Waals surface area contributed by atoms with Crippen molar-refractivity contribution in [3.8, 4) is 11.5 Å². The first-order valence-corrected chi connectivity index (χ1v) is 8.46. The molecule has 0 aliphatic carbocycles. The highest BCUT2D eigenvalue weighted by molar-refractivity contribution is 6.30. The lowest BCUT2D eigenvalue weighted by Crippen LogP contribution is -2.12. The third-order valence-electron chi connectivity index (χ3n) is 3.75. The number of nitrogens with one attached hydrogen (secondary N) is 1. The smallest absolute Gasteiger partial charge is 0.343 e. The summed E-state index contributed by atoms with van der Waals surface area (Å²) >= 11 is 5.82. The van der Waals surface area contributed by atoms with Crippen LogP contribution in [0, 0.1) is 0 Å². The Bertz CT molecular complexity index is 935. The molecule has 3 aromatic carbocycles. The summed E-state index contributed by atoms with van der Waals surface area (Å²) in [5, 5.41) is 3.36. The molecule has 0 unspecified atom stereocenters. The largest absolute Gasteiger partial charge is 0.497 e. The van der Waals surface area contributed by atoms with Crippen LogP contribution >= 0.6 is 11.6 Å². The van der Waals surface area contributed by atoms with E-state index < -0.39 is 5.97 Å². The second-order valence-corrected chi connectivity index (χ2v) is 6.04. The van der Waals surface area contributed by atoms with Crippen molar-refractivity contribution in [1.29, 1.82) is 0 Å². The molecule has 0 aliphatic rings. The fourth-order valence-electron chi connectivity index (χ4n) is 2.30. The van der Waals surface area contributed by atoms with Crippen molar-refractivity contribution in [3.05, 3.63) is 88.9 Å². The average molecular weight is 382 g/mol. The predicted molar refractivity (Wildman–Crippen MR) is 104 cm³/mol.